The highest BCUT2D eigenvalue weighted by atomic mass is 31.0. The van der Waals surface area contributed by atoms with Crippen LogP contribution >= 0.6 is 9.47 Å². The largest absolute Gasteiger partial charge is 0.394 e. The predicted molar refractivity (Wildman–Crippen MR) is 65.5 cm³/mol. The van der Waals surface area contributed by atoms with E-state index in [1.165, 1.54) is 0 Å². The van der Waals surface area contributed by atoms with Crippen LogP contribution in [0.3, 0.4) is 0 Å². The first kappa shape index (κ1) is 15.3. The third-order valence-corrected chi connectivity index (χ3v) is 3.63. The molecule has 92 valence electrons. The van der Waals surface area contributed by atoms with Gasteiger partial charge in [0, 0.05) is 15.9 Å². The molecule has 0 bridgehead atoms. The zero-order valence-electron chi connectivity index (χ0n) is 10.0. The van der Waals surface area contributed by atoms with E-state index in [4.69, 9.17) is 9.63 Å². The van der Waals surface area contributed by atoms with Gasteiger partial charge in [-0.2, -0.15) is 0 Å². The quantitative estimate of drug-likeness (QED) is 0.633. The second-order valence-electron chi connectivity index (χ2n) is 4.20. The van der Waals surface area contributed by atoms with E-state index in [0.717, 1.165) is 12.8 Å². The Kier molecular flexibility index (Phi) is 8.64. The number of hydrogen-bond donors (Lipinski definition) is 2. The summed E-state index contributed by atoms with van der Waals surface area (Å²) in [6.07, 6.45) is 1.88. The van der Waals surface area contributed by atoms with Gasteiger partial charge in [-0.15, -0.1) is 0 Å². The van der Waals surface area contributed by atoms with E-state index in [1.807, 2.05) is 0 Å². The summed E-state index contributed by atoms with van der Waals surface area (Å²) in [4.78, 5) is 0. The Labute approximate surface area is 95.5 Å². The van der Waals surface area contributed by atoms with Crippen molar-refractivity contribution in [1.29, 1.82) is 0 Å². The molecule has 0 radical (unpaired) electrons. The molecule has 0 spiro atoms. The van der Waals surface area contributed by atoms with Gasteiger partial charge in [0.15, 0.2) is 0 Å². The van der Waals surface area contributed by atoms with E-state index >= 15 is 0 Å². The fraction of sp³-hybridized carbons (Fsp3) is 1.00. The Bertz CT molecular complexity index is 151. The molecular formula is C11H25O3P. The number of hydrogen-bond acceptors (Lipinski definition) is 3. The molecule has 0 aliphatic rings. The minimum Gasteiger partial charge on any atom is -0.394 e. The molecule has 0 saturated carbocycles. The van der Waals surface area contributed by atoms with Crippen molar-refractivity contribution in [2.24, 2.45) is 11.8 Å². The maximum atomic E-state index is 10.0. The first-order valence-corrected chi connectivity index (χ1v) is 6.22. The lowest BCUT2D eigenvalue weighted by Gasteiger charge is -2.28. The summed E-state index contributed by atoms with van der Waals surface area (Å²) in [6.45, 7) is 6.34. The van der Waals surface area contributed by atoms with Crippen LogP contribution in [0.4, 0.5) is 0 Å². The molecule has 3 nitrogen and oxygen atoms in total. The van der Waals surface area contributed by atoms with Gasteiger partial charge in [-0.3, -0.25) is 0 Å². The molecule has 0 heterocycles. The topological polar surface area (TPSA) is 49.7 Å². The van der Waals surface area contributed by atoms with Crippen molar-refractivity contribution >= 4 is 9.47 Å². The smallest absolute Gasteiger partial charge is 0.0866 e. The molecule has 0 aromatic rings. The lowest BCUT2D eigenvalue weighted by Crippen LogP contribution is -2.31. The van der Waals surface area contributed by atoms with Crippen LogP contribution in [0.2, 0.25) is 0 Å². The fourth-order valence-corrected chi connectivity index (χ4v) is 2.17. The van der Waals surface area contributed by atoms with Crippen LogP contribution in [0.15, 0.2) is 0 Å². The molecule has 0 amide bonds. The third kappa shape index (κ3) is 5.26. The molecule has 0 fully saturated rings. The molecule has 0 rings (SSSR count). The molecule has 5 unspecified atom stereocenters. The van der Waals surface area contributed by atoms with Gasteiger partial charge in [-0.05, 0) is 11.8 Å². The maximum absolute atomic E-state index is 10.0. The molecule has 4 heteroatoms. The SMILES string of the molecule is CCC(C)C(CC)C(O)CC(CO)OP. The summed E-state index contributed by atoms with van der Waals surface area (Å²) in [5, 5.41) is 19.0. The van der Waals surface area contributed by atoms with E-state index in [1.54, 1.807) is 0 Å². The van der Waals surface area contributed by atoms with Gasteiger partial charge < -0.3 is 14.7 Å². The second-order valence-corrected chi connectivity index (χ2v) is 4.47. The van der Waals surface area contributed by atoms with Gasteiger partial charge in [-0.25, -0.2) is 0 Å². The zero-order valence-corrected chi connectivity index (χ0v) is 11.2. The molecule has 0 aliphatic carbocycles. The number of rotatable bonds is 8. The van der Waals surface area contributed by atoms with Crippen LogP contribution in [0.25, 0.3) is 0 Å². The Morgan fingerprint density at radius 1 is 1.27 bits per heavy atom. The molecule has 15 heavy (non-hydrogen) atoms. The molecule has 0 aliphatic heterocycles. The summed E-state index contributed by atoms with van der Waals surface area (Å²) >= 11 is 0. The van der Waals surface area contributed by atoms with Crippen molar-refractivity contribution in [3.8, 4) is 0 Å². The van der Waals surface area contributed by atoms with E-state index in [0.29, 0.717) is 18.3 Å². The first-order chi connectivity index (χ1) is 7.10. The molecule has 0 saturated heterocycles. The highest BCUT2D eigenvalue weighted by molar-refractivity contribution is 7.09. The highest BCUT2D eigenvalue weighted by Gasteiger charge is 2.25. The minimum atomic E-state index is -0.386. The molecule has 0 aromatic carbocycles. The van der Waals surface area contributed by atoms with Crippen LogP contribution < -0.4 is 0 Å². The fourth-order valence-electron chi connectivity index (χ4n) is 1.97. The van der Waals surface area contributed by atoms with Crippen molar-refractivity contribution in [3.63, 3.8) is 0 Å². The predicted octanol–water partition coefficient (Wildman–Crippen LogP) is 1.98. The Morgan fingerprint density at radius 2 is 1.87 bits per heavy atom. The molecule has 5 atom stereocenters. The van der Waals surface area contributed by atoms with Crippen LogP contribution in [-0.2, 0) is 4.52 Å². The van der Waals surface area contributed by atoms with Gasteiger partial charge >= 0.3 is 0 Å². The average molecular weight is 236 g/mol. The monoisotopic (exact) mass is 236 g/mol. The van der Waals surface area contributed by atoms with Crippen molar-refractivity contribution in [2.45, 2.75) is 52.2 Å². The molecular weight excluding hydrogens is 211 g/mol. The number of aliphatic hydroxyl groups excluding tert-OH is 2. The van der Waals surface area contributed by atoms with Gasteiger partial charge in [0.1, 0.15) is 0 Å². The third-order valence-electron chi connectivity index (χ3n) is 3.24. The van der Waals surface area contributed by atoms with Crippen LogP contribution in [0.1, 0.15) is 40.0 Å². The van der Waals surface area contributed by atoms with Gasteiger partial charge in [-0.1, -0.05) is 33.6 Å². The first-order valence-electron chi connectivity index (χ1n) is 5.75. The molecule has 2 N–H and O–H groups in total. The van der Waals surface area contributed by atoms with Crippen molar-refractivity contribution < 1.29 is 14.7 Å². The van der Waals surface area contributed by atoms with Crippen LogP contribution in [0.5, 0.6) is 0 Å². The summed E-state index contributed by atoms with van der Waals surface area (Å²) in [7, 11) is 2.14. The van der Waals surface area contributed by atoms with E-state index in [9.17, 15) is 5.11 Å². The summed E-state index contributed by atoms with van der Waals surface area (Å²) in [5.74, 6) is 0.804. The second kappa shape index (κ2) is 8.46. The van der Waals surface area contributed by atoms with E-state index in [2.05, 4.69) is 30.2 Å². The Morgan fingerprint density at radius 3 is 2.20 bits per heavy atom. The minimum absolute atomic E-state index is 0.0441. The Balaban J connectivity index is 4.19. The van der Waals surface area contributed by atoms with Gasteiger partial charge in [0.05, 0.1) is 18.8 Å². The van der Waals surface area contributed by atoms with Gasteiger partial charge in [0.25, 0.3) is 0 Å². The van der Waals surface area contributed by atoms with E-state index < -0.39 is 0 Å². The van der Waals surface area contributed by atoms with Gasteiger partial charge in [0.2, 0.25) is 0 Å². The lowest BCUT2D eigenvalue weighted by atomic mass is 9.83. The van der Waals surface area contributed by atoms with Crippen molar-refractivity contribution in [1.82, 2.24) is 0 Å². The van der Waals surface area contributed by atoms with E-state index in [-0.39, 0.29) is 18.8 Å². The van der Waals surface area contributed by atoms with Crippen LogP contribution in [0, 0.1) is 11.8 Å². The standard InChI is InChI=1S/C11H25O3P/c1-4-8(3)10(5-2)11(13)6-9(7-12)14-15/h8-13H,4-7,15H2,1-3H3. The summed E-state index contributed by atoms with van der Waals surface area (Å²) in [5.41, 5.74) is 0. The average Bonchev–Trinajstić information content (AvgIpc) is 2.26. The Hall–Kier alpha value is 0.310. The normalized spacial score (nSPS) is 19.6. The molecule has 0 aromatic heterocycles. The number of aliphatic hydroxyl groups is 2. The summed E-state index contributed by atoms with van der Waals surface area (Å²) in [6, 6.07) is 0. The van der Waals surface area contributed by atoms with Crippen molar-refractivity contribution in [2.75, 3.05) is 6.61 Å². The summed E-state index contributed by atoms with van der Waals surface area (Å²) < 4.78 is 4.98. The maximum Gasteiger partial charge on any atom is 0.0866 e. The highest BCUT2D eigenvalue weighted by Crippen LogP contribution is 2.25. The van der Waals surface area contributed by atoms with Crippen molar-refractivity contribution in [3.05, 3.63) is 0 Å². The zero-order chi connectivity index (χ0) is 11.8. The van der Waals surface area contributed by atoms with Crippen LogP contribution in [-0.4, -0.2) is 29.0 Å². The lowest BCUT2D eigenvalue weighted by molar-refractivity contribution is 0.0189.